The molecule has 1 N–H and O–H groups in total. The van der Waals surface area contributed by atoms with Crippen LogP contribution in [0.1, 0.15) is 26.3 Å². The lowest BCUT2D eigenvalue weighted by Gasteiger charge is -2.35. The molecule has 0 unspecified atom stereocenters. The molecule has 2 heterocycles. The predicted octanol–water partition coefficient (Wildman–Crippen LogP) is 3.70. The maximum atomic E-state index is 14.3. The summed E-state index contributed by atoms with van der Waals surface area (Å²) in [6.07, 6.45) is 5.73. The predicted molar refractivity (Wildman–Crippen MR) is 127 cm³/mol. The Labute approximate surface area is 199 Å². The first-order valence-corrected chi connectivity index (χ1v) is 11.2. The summed E-state index contributed by atoms with van der Waals surface area (Å²) in [5, 5.41) is 2.83. The molecular formula is C25H31FN4O4. The number of rotatable bonds is 7. The van der Waals surface area contributed by atoms with Crippen LogP contribution in [0.25, 0.3) is 6.08 Å². The van der Waals surface area contributed by atoms with E-state index in [9.17, 15) is 14.0 Å². The first-order chi connectivity index (χ1) is 16.2. The fraction of sp³-hybridized carbons (Fsp3) is 0.400. The molecule has 2 aromatic rings. The second-order valence-corrected chi connectivity index (χ2v) is 8.91. The van der Waals surface area contributed by atoms with Crippen LogP contribution in [-0.2, 0) is 9.53 Å². The Balaban J connectivity index is 1.38. The molecule has 0 bridgehead atoms. The van der Waals surface area contributed by atoms with Crippen LogP contribution in [0, 0.1) is 5.82 Å². The van der Waals surface area contributed by atoms with Gasteiger partial charge in [0.2, 0.25) is 5.91 Å². The molecule has 0 saturated carbocycles. The zero-order chi connectivity index (χ0) is 24.6. The first kappa shape index (κ1) is 25.2. The van der Waals surface area contributed by atoms with E-state index in [1.807, 2.05) is 20.8 Å². The number of piperazine rings is 1. The highest BCUT2D eigenvalue weighted by molar-refractivity contribution is 5.91. The highest BCUT2D eigenvalue weighted by Gasteiger charge is 2.25. The Morgan fingerprint density at radius 2 is 1.94 bits per heavy atom. The molecule has 0 aliphatic carbocycles. The Bertz CT molecular complexity index is 1000. The topological polar surface area (TPSA) is 84.0 Å². The molecule has 1 saturated heterocycles. The summed E-state index contributed by atoms with van der Waals surface area (Å²) in [6.45, 7) is 9.32. The van der Waals surface area contributed by atoms with Crippen molar-refractivity contribution in [1.82, 2.24) is 20.1 Å². The normalized spacial score (nSPS) is 14.8. The van der Waals surface area contributed by atoms with E-state index in [-0.39, 0.29) is 17.7 Å². The van der Waals surface area contributed by atoms with Gasteiger partial charge in [-0.3, -0.25) is 14.7 Å². The fourth-order valence-electron chi connectivity index (χ4n) is 3.29. The molecular weight excluding hydrogens is 439 g/mol. The maximum Gasteiger partial charge on any atom is 0.410 e. The van der Waals surface area contributed by atoms with E-state index in [4.69, 9.17) is 9.47 Å². The van der Waals surface area contributed by atoms with Crippen molar-refractivity contribution in [2.24, 2.45) is 0 Å². The monoisotopic (exact) mass is 470 g/mol. The molecule has 1 aromatic carbocycles. The number of hydrogen-bond acceptors (Lipinski definition) is 6. The molecule has 34 heavy (non-hydrogen) atoms. The van der Waals surface area contributed by atoms with Gasteiger partial charge >= 0.3 is 6.09 Å². The number of amides is 2. The van der Waals surface area contributed by atoms with Crippen LogP contribution in [0.4, 0.5) is 9.18 Å². The third-order valence-corrected chi connectivity index (χ3v) is 5.00. The highest BCUT2D eigenvalue weighted by atomic mass is 19.1. The maximum absolute atomic E-state index is 14.3. The van der Waals surface area contributed by atoms with Crippen LogP contribution in [0.2, 0.25) is 0 Å². The number of hydrogen-bond donors (Lipinski definition) is 1. The van der Waals surface area contributed by atoms with Gasteiger partial charge in [0.05, 0.1) is 6.20 Å². The summed E-state index contributed by atoms with van der Waals surface area (Å²) in [5.41, 5.74) is 0.0393. The SMILES string of the molecule is CC(C)(C)OC(=O)N1CCN(CCNC(=O)/C=C/c2ccc(Oc3cccnc3)c(F)c2)CC1. The van der Waals surface area contributed by atoms with Gasteiger partial charge in [0.15, 0.2) is 11.6 Å². The minimum Gasteiger partial charge on any atom is -0.453 e. The summed E-state index contributed by atoms with van der Waals surface area (Å²) in [6, 6.07) is 7.87. The number of halogens is 1. The minimum absolute atomic E-state index is 0.0846. The van der Waals surface area contributed by atoms with E-state index in [1.165, 1.54) is 24.4 Å². The van der Waals surface area contributed by atoms with Crippen molar-refractivity contribution >= 4 is 18.1 Å². The molecule has 0 atom stereocenters. The molecule has 0 spiro atoms. The zero-order valence-corrected chi connectivity index (χ0v) is 19.8. The first-order valence-electron chi connectivity index (χ1n) is 11.2. The number of nitrogens with zero attached hydrogens (tertiary/aromatic N) is 3. The number of nitrogens with one attached hydrogen (secondary N) is 1. The molecule has 9 heteroatoms. The molecule has 1 aromatic heterocycles. The van der Waals surface area contributed by atoms with Gasteiger partial charge in [-0.25, -0.2) is 9.18 Å². The smallest absolute Gasteiger partial charge is 0.410 e. The quantitative estimate of drug-likeness (QED) is 0.622. The lowest BCUT2D eigenvalue weighted by atomic mass is 10.2. The minimum atomic E-state index is -0.531. The van der Waals surface area contributed by atoms with Gasteiger partial charge in [0.25, 0.3) is 0 Å². The van der Waals surface area contributed by atoms with E-state index in [0.29, 0.717) is 37.5 Å². The van der Waals surface area contributed by atoms with Gasteiger partial charge in [0.1, 0.15) is 11.4 Å². The Morgan fingerprint density at radius 1 is 1.18 bits per heavy atom. The zero-order valence-electron chi connectivity index (χ0n) is 19.8. The van der Waals surface area contributed by atoms with Crippen molar-refractivity contribution in [1.29, 1.82) is 0 Å². The molecule has 2 amide bonds. The molecule has 0 radical (unpaired) electrons. The summed E-state index contributed by atoms with van der Waals surface area (Å²) < 4.78 is 25.2. The van der Waals surface area contributed by atoms with E-state index < -0.39 is 11.4 Å². The highest BCUT2D eigenvalue weighted by Crippen LogP contribution is 2.24. The summed E-state index contributed by atoms with van der Waals surface area (Å²) in [5.74, 6) is -0.267. The Kier molecular flexibility index (Phi) is 8.59. The van der Waals surface area contributed by atoms with Gasteiger partial charge in [0, 0.05) is 51.5 Å². The van der Waals surface area contributed by atoms with Crippen molar-refractivity contribution in [3.63, 3.8) is 0 Å². The number of aromatic nitrogens is 1. The van der Waals surface area contributed by atoms with Gasteiger partial charge in [-0.15, -0.1) is 0 Å². The second kappa shape index (κ2) is 11.6. The van der Waals surface area contributed by atoms with Crippen LogP contribution in [0.5, 0.6) is 11.5 Å². The third kappa shape index (κ3) is 8.15. The molecule has 1 fully saturated rings. The van der Waals surface area contributed by atoms with Crippen LogP contribution in [-0.4, -0.2) is 71.7 Å². The average molecular weight is 471 g/mol. The molecule has 182 valence electrons. The number of pyridine rings is 1. The summed E-state index contributed by atoms with van der Waals surface area (Å²) in [4.78, 5) is 32.0. The van der Waals surface area contributed by atoms with E-state index in [1.54, 1.807) is 35.4 Å². The number of benzene rings is 1. The third-order valence-electron chi connectivity index (χ3n) is 5.00. The van der Waals surface area contributed by atoms with Crippen molar-refractivity contribution < 1.29 is 23.5 Å². The Morgan fingerprint density at radius 3 is 2.59 bits per heavy atom. The van der Waals surface area contributed by atoms with Gasteiger partial charge in [-0.2, -0.15) is 0 Å². The van der Waals surface area contributed by atoms with Crippen LogP contribution in [0.3, 0.4) is 0 Å². The molecule has 3 rings (SSSR count). The van der Waals surface area contributed by atoms with Crippen molar-refractivity contribution in [2.75, 3.05) is 39.3 Å². The standard InChI is InChI=1S/C25H31FN4O4/c1-25(2,3)34-24(32)30-15-13-29(14-16-30)12-11-28-23(31)9-7-19-6-8-22(21(26)17-19)33-20-5-4-10-27-18-20/h4-10,17-18H,11-16H2,1-3H3,(H,28,31)/b9-7+. The number of ether oxygens (including phenoxy) is 2. The number of carbonyl (C=O) groups is 2. The van der Waals surface area contributed by atoms with Crippen molar-refractivity contribution in [3.05, 3.63) is 60.2 Å². The van der Waals surface area contributed by atoms with Crippen molar-refractivity contribution in [2.45, 2.75) is 26.4 Å². The van der Waals surface area contributed by atoms with E-state index in [0.717, 1.165) is 13.1 Å². The lowest BCUT2D eigenvalue weighted by Crippen LogP contribution is -2.51. The van der Waals surface area contributed by atoms with Crippen LogP contribution >= 0.6 is 0 Å². The van der Waals surface area contributed by atoms with Crippen LogP contribution < -0.4 is 10.1 Å². The average Bonchev–Trinajstić information content (AvgIpc) is 2.79. The molecule has 8 nitrogen and oxygen atoms in total. The fourth-order valence-corrected chi connectivity index (χ4v) is 3.29. The summed E-state index contributed by atoms with van der Waals surface area (Å²) >= 11 is 0. The number of carbonyl (C=O) groups excluding carboxylic acids is 2. The van der Waals surface area contributed by atoms with Crippen LogP contribution in [0.15, 0.2) is 48.8 Å². The van der Waals surface area contributed by atoms with Crippen molar-refractivity contribution in [3.8, 4) is 11.5 Å². The summed E-state index contributed by atoms with van der Waals surface area (Å²) in [7, 11) is 0. The van der Waals surface area contributed by atoms with E-state index in [2.05, 4.69) is 15.2 Å². The largest absolute Gasteiger partial charge is 0.453 e. The van der Waals surface area contributed by atoms with Gasteiger partial charge < -0.3 is 19.7 Å². The molecule has 1 aliphatic heterocycles. The van der Waals surface area contributed by atoms with Gasteiger partial charge in [-0.05, 0) is 56.7 Å². The van der Waals surface area contributed by atoms with E-state index >= 15 is 0 Å². The van der Waals surface area contributed by atoms with Gasteiger partial charge in [-0.1, -0.05) is 6.07 Å². The Hall–Kier alpha value is -3.46. The lowest BCUT2D eigenvalue weighted by molar-refractivity contribution is -0.116. The molecule has 1 aliphatic rings. The second-order valence-electron chi connectivity index (χ2n) is 8.91.